The lowest BCUT2D eigenvalue weighted by Gasteiger charge is -2.34. The molecule has 0 saturated heterocycles. The van der Waals surface area contributed by atoms with E-state index in [1.165, 1.54) is 24.8 Å². The molecule has 0 bridgehead atoms. The molecule has 1 fully saturated rings. The van der Waals surface area contributed by atoms with Crippen molar-refractivity contribution >= 4 is 66.1 Å². The van der Waals surface area contributed by atoms with Crippen molar-refractivity contribution in [1.82, 2.24) is 23.6 Å². The summed E-state index contributed by atoms with van der Waals surface area (Å²) in [5.41, 5.74) is 5.30. The molecular weight excluding hydrogens is 751 g/mol. The summed E-state index contributed by atoms with van der Waals surface area (Å²) in [6, 6.07) is 17.2. The number of thiazole rings is 1. The maximum atomic E-state index is 14.8. The summed E-state index contributed by atoms with van der Waals surface area (Å²) >= 11 is 1.42. The lowest BCUT2D eigenvalue weighted by molar-refractivity contribution is -0.137. The minimum absolute atomic E-state index is 0.0453. The second-order valence-electron chi connectivity index (χ2n) is 15.3. The number of carbonyl (C=O) groups excluding carboxylic acids is 2. The smallest absolute Gasteiger partial charge is 0.386 e. The molecular formula is C41H46N7O6S2+. The molecule has 2 N–H and O–H groups in total. The highest BCUT2D eigenvalue weighted by Crippen LogP contribution is 2.46. The summed E-state index contributed by atoms with van der Waals surface area (Å²) in [4.78, 5) is 51.1. The fraction of sp³-hybridized carbons (Fsp3) is 0.415. The molecule has 1 atom stereocenters. The Morgan fingerprint density at radius 2 is 1.80 bits per heavy atom. The first-order valence-electron chi connectivity index (χ1n) is 19.4. The molecule has 5 heterocycles. The number of aromatic nitrogens is 4. The fourth-order valence-corrected chi connectivity index (χ4v) is 11.0. The van der Waals surface area contributed by atoms with E-state index >= 15 is 0 Å². The second-order valence-corrected chi connectivity index (χ2v) is 18.6. The van der Waals surface area contributed by atoms with Crippen molar-refractivity contribution in [3.05, 3.63) is 82.7 Å². The first-order chi connectivity index (χ1) is 26.9. The molecule has 1 aliphatic carbocycles. The van der Waals surface area contributed by atoms with Crippen LogP contribution in [0.3, 0.4) is 0 Å². The Bertz CT molecular complexity index is 2440. The minimum Gasteiger partial charge on any atom is -0.481 e. The zero-order chi connectivity index (χ0) is 39.2. The Balaban J connectivity index is 1.12. The lowest BCUT2D eigenvalue weighted by atomic mass is 9.89. The third-order valence-corrected chi connectivity index (χ3v) is 14.9. The van der Waals surface area contributed by atoms with Gasteiger partial charge in [-0.2, -0.15) is 8.42 Å². The molecule has 0 radical (unpaired) electrons. The molecule has 292 valence electrons. The van der Waals surface area contributed by atoms with Crippen LogP contribution in [-0.2, 0) is 34.3 Å². The molecule has 2 aliphatic heterocycles. The maximum Gasteiger partial charge on any atom is 0.386 e. The van der Waals surface area contributed by atoms with E-state index in [4.69, 9.17) is 15.2 Å². The van der Waals surface area contributed by atoms with E-state index in [0.717, 1.165) is 52.7 Å². The predicted molar refractivity (Wildman–Crippen MR) is 217 cm³/mol. The number of sulfonamides is 1. The van der Waals surface area contributed by atoms with Crippen molar-refractivity contribution in [3.8, 4) is 11.1 Å². The first-order valence-corrected chi connectivity index (χ1v) is 21.9. The number of carboxylic acids is 1. The van der Waals surface area contributed by atoms with E-state index in [2.05, 4.69) is 10.3 Å². The fourth-order valence-electron chi connectivity index (χ4n) is 8.48. The number of pyridine rings is 1. The van der Waals surface area contributed by atoms with Gasteiger partial charge in [0.2, 0.25) is 0 Å². The van der Waals surface area contributed by atoms with Crippen molar-refractivity contribution in [2.24, 2.45) is 5.92 Å². The molecule has 0 spiro atoms. The quantitative estimate of drug-likeness (QED) is 0.0966. The second kappa shape index (κ2) is 15.2. The van der Waals surface area contributed by atoms with Gasteiger partial charge in [0.1, 0.15) is 11.6 Å². The normalized spacial score (nSPS) is 18.4. The van der Waals surface area contributed by atoms with Gasteiger partial charge < -0.3 is 10.0 Å². The zero-order valence-corrected chi connectivity index (χ0v) is 33.3. The molecule has 2 amide bonds. The van der Waals surface area contributed by atoms with E-state index in [1.54, 1.807) is 6.07 Å². The summed E-state index contributed by atoms with van der Waals surface area (Å²) < 4.78 is 30.7. The summed E-state index contributed by atoms with van der Waals surface area (Å²) in [5.74, 6) is -1.05. The van der Waals surface area contributed by atoms with E-state index in [9.17, 15) is 22.8 Å². The van der Waals surface area contributed by atoms with Crippen molar-refractivity contribution < 1.29 is 27.9 Å². The van der Waals surface area contributed by atoms with Crippen LogP contribution in [0.5, 0.6) is 0 Å². The molecule has 15 heteroatoms. The predicted octanol–water partition coefficient (Wildman–Crippen LogP) is 7.32. The van der Waals surface area contributed by atoms with Crippen LogP contribution >= 0.6 is 11.3 Å². The van der Waals surface area contributed by atoms with Crippen LogP contribution < -0.4 is 14.1 Å². The zero-order valence-electron chi connectivity index (χ0n) is 31.7. The number of nitrogens with one attached hydrogen (secondary N) is 1. The van der Waals surface area contributed by atoms with E-state index in [1.807, 2.05) is 65.0 Å². The van der Waals surface area contributed by atoms with Crippen molar-refractivity contribution in [2.75, 3.05) is 29.6 Å². The van der Waals surface area contributed by atoms with Crippen LogP contribution in [0.15, 0.2) is 54.6 Å². The highest BCUT2D eigenvalue weighted by Gasteiger charge is 2.56. The number of carbonyl (C=O) groups is 3. The van der Waals surface area contributed by atoms with Gasteiger partial charge in [-0.3, -0.25) is 19.6 Å². The van der Waals surface area contributed by atoms with Crippen LogP contribution in [0.1, 0.15) is 95.5 Å². The standard InChI is InChI=1S/C41H45N7O6S2/c1-26-36-30-19-20-34(46-22-21-28-14-11-15-29(31(28)25-46)39(51)44-41-42-32-16-8-9-17-33(32)55-41)43-37(30)40(52)48(2,56(53,54)23-10-4-7-18-35(49)50)38(36)45-47(26)24-27-12-5-3-6-13-27/h8-9,11,14-17,19-20,27H,3-7,10,12-13,18,21-25H2,1-2H3,(H-,42,44,49,50,51)/p+1. The number of nitrogens with zero attached hydrogens (tertiary/aromatic N) is 6. The number of hydrogen-bond acceptors (Lipinski definition) is 10. The number of fused-ring (bicyclic) bond motifs is 5. The highest BCUT2D eigenvalue weighted by molar-refractivity contribution is 7.91. The van der Waals surface area contributed by atoms with Crippen LogP contribution in [0.2, 0.25) is 0 Å². The third kappa shape index (κ3) is 6.89. The van der Waals surface area contributed by atoms with Gasteiger partial charge in [-0.25, -0.2) is 14.8 Å². The highest BCUT2D eigenvalue weighted by atomic mass is 32.2. The average Bonchev–Trinajstić information content (AvgIpc) is 3.76. The van der Waals surface area contributed by atoms with E-state index < -0.39 is 25.8 Å². The Kier molecular flexibility index (Phi) is 10.3. The van der Waals surface area contributed by atoms with Crippen molar-refractivity contribution in [3.63, 3.8) is 0 Å². The van der Waals surface area contributed by atoms with E-state index in [-0.39, 0.29) is 36.0 Å². The van der Waals surface area contributed by atoms with Gasteiger partial charge in [0.15, 0.2) is 10.8 Å². The van der Waals surface area contributed by atoms with Gasteiger partial charge >= 0.3 is 21.9 Å². The Morgan fingerprint density at radius 1 is 1.00 bits per heavy atom. The number of quaternary nitrogens is 1. The SMILES string of the molecule is Cc1c2c(nn1CC1CCCCC1)[N+](C)(S(=O)(=O)CCCCCC(=O)O)C(=O)c1nc(N3CCc4cccc(C(=O)Nc5nc6ccccc6s5)c4C3)ccc1-2. The maximum absolute atomic E-state index is 14.8. The minimum atomic E-state index is -4.19. The van der Waals surface area contributed by atoms with Crippen LogP contribution in [0, 0.1) is 12.8 Å². The number of rotatable bonds is 12. The molecule has 56 heavy (non-hydrogen) atoms. The van der Waals surface area contributed by atoms with Gasteiger partial charge in [0, 0.05) is 42.9 Å². The van der Waals surface area contributed by atoms with Crippen LogP contribution in [-0.4, -0.2) is 70.4 Å². The Hall–Kier alpha value is -4.99. The molecule has 1 unspecified atom stereocenters. The number of amides is 2. The van der Waals surface area contributed by atoms with E-state index in [0.29, 0.717) is 72.5 Å². The van der Waals surface area contributed by atoms with Gasteiger partial charge in [0.25, 0.3) is 11.7 Å². The third-order valence-electron chi connectivity index (χ3n) is 11.7. The Labute approximate surface area is 330 Å². The number of para-hydroxylation sites is 1. The van der Waals surface area contributed by atoms with Crippen LogP contribution in [0.4, 0.5) is 16.8 Å². The number of aliphatic carboxylic acids is 1. The monoisotopic (exact) mass is 796 g/mol. The summed E-state index contributed by atoms with van der Waals surface area (Å²) in [7, 11) is -2.78. The number of carboxylic acid groups (broad SMARTS) is 1. The number of anilines is 2. The summed E-state index contributed by atoms with van der Waals surface area (Å²) in [6.07, 6.45) is 7.24. The number of unbranched alkanes of at least 4 members (excludes halogenated alkanes) is 2. The topological polar surface area (TPSA) is 164 Å². The number of benzene rings is 2. The van der Waals surface area contributed by atoms with Crippen molar-refractivity contribution in [1.29, 1.82) is 0 Å². The molecule has 3 aliphatic rings. The molecule has 2 aromatic carbocycles. The number of hydrogen-bond donors (Lipinski definition) is 2. The van der Waals surface area contributed by atoms with Gasteiger partial charge in [-0.05, 0) is 86.4 Å². The molecule has 1 saturated carbocycles. The molecule has 8 rings (SSSR count). The van der Waals surface area contributed by atoms with Gasteiger partial charge in [-0.1, -0.05) is 61.3 Å². The van der Waals surface area contributed by atoms with Crippen molar-refractivity contribution in [2.45, 2.75) is 84.2 Å². The van der Waals surface area contributed by atoms with Crippen LogP contribution in [0.25, 0.3) is 21.3 Å². The first kappa shape index (κ1) is 37.9. The average molecular weight is 797 g/mol. The molecule has 13 nitrogen and oxygen atoms in total. The summed E-state index contributed by atoms with van der Waals surface area (Å²) in [5, 5.41) is 17.5. The summed E-state index contributed by atoms with van der Waals surface area (Å²) in [6.45, 7) is 3.53. The molecule has 5 aromatic rings. The van der Waals surface area contributed by atoms with Gasteiger partial charge in [-0.15, -0.1) is 8.99 Å². The lowest BCUT2D eigenvalue weighted by Crippen LogP contribution is -2.58. The van der Waals surface area contributed by atoms with Gasteiger partial charge in [0.05, 0.1) is 22.8 Å². The molecule has 3 aromatic heterocycles. The Morgan fingerprint density at radius 3 is 2.59 bits per heavy atom. The largest absolute Gasteiger partial charge is 0.481 e.